The van der Waals surface area contributed by atoms with Crippen LogP contribution < -0.4 is 14.8 Å². The van der Waals surface area contributed by atoms with Gasteiger partial charge < -0.3 is 14.8 Å². The highest BCUT2D eigenvalue weighted by Gasteiger charge is 2.36. The molecule has 1 N–H and O–H groups in total. The van der Waals surface area contributed by atoms with Gasteiger partial charge in [-0.15, -0.1) is 0 Å². The number of hydrogen-bond donors (Lipinski definition) is 1. The molecule has 1 fully saturated rings. The number of aryl methyl sites for hydroxylation is 1. The Hall–Kier alpha value is -2.53. The van der Waals surface area contributed by atoms with Gasteiger partial charge in [0.2, 0.25) is 5.91 Å². The Morgan fingerprint density at radius 1 is 1.17 bits per heavy atom. The molecule has 2 aromatic rings. The monoisotopic (exact) mass is 408 g/mol. The smallest absolute Gasteiger partial charge is 0.223 e. The molecule has 0 bridgehead atoms. The van der Waals surface area contributed by atoms with Crippen LogP contribution in [0.1, 0.15) is 48.1 Å². The third kappa shape index (κ3) is 4.31. The van der Waals surface area contributed by atoms with Crippen LogP contribution in [0.15, 0.2) is 36.4 Å². The molecule has 1 aliphatic carbocycles. The van der Waals surface area contributed by atoms with Gasteiger partial charge in [0.15, 0.2) is 11.5 Å². The van der Waals surface area contributed by atoms with E-state index in [0.717, 1.165) is 43.9 Å². The van der Waals surface area contributed by atoms with Crippen molar-refractivity contribution in [1.82, 2.24) is 10.2 Å². The van der Waals surface area contributed by atoms with Gasteiger partial charge >= 0.3 is 0 Å². The van der Waals surface area contributed by atoms with E-state index in [2.05, 4.69) is 60.5 Å². The molecule has 1 aliphatic heterocycles. The van der Waals surface area contributed by atoms with Gasteiger partial charge in [-0.1, -0.05) is 29.8 Å². The first-order valence-corrected chi connectivity index (χ1v) is 10.8. The first kappa shape index (κ1) is 20.7. The molecule has 4 rings (SSSR count). The maximum absolute atomic E-state index is 12.5. The molecule has 0 aromatic heterocycles. The van der Waals surface area contributed by atoms with Crippen molar-refractivity contribution in [3.05, 3.63) is 58.7 Å². The Labute approximate surface area is 179 Å². The standard InChI is InChI=1S/C25H32N2O3/c1-16-6-5-7-18(12-16)15-27-11-10-20-13-22(29-3)23(30-4)14-21(20)24(27)17(2)26-25(28)19-8-9-19/h5-7,12-14,17,19,24H,8-11,15H2,1-4H3,(H,26,28). The van der Waals surface area contributed by atoms with Crippen molar-refractivity contribution < 1.29 is 14.3 Å². The molecule has 30 heavy (non-hydrogen) atoms. The minimum atomic E-state index is 0.0000557. The Bertz CT molecular complexity index is 923. The summed E-state index contributed by atoms with van der Waals surface area (Å²) in [5.74, 6) is 1.88. The number of amides is 1. The lowest BCUT2D eigenvalue weighted by molar-refractivity contribution is -0.123. The van der Waals surface area contributed by atoms with Crippen molar-refractivity contribution in [2.24, 2.45) is 5.92 Å². The summed E-state index contributed by atoms with van der Waals surface area (Å²) in [4.78, 5) is 15.0. The number of carbonyl (C=O) groups excluding carboxylic acids is 1. The van der Waals surface area contributed by atoms with Gasteiger partial charge in [0.05, 0.1) is 20.3 Å². The van der Waals surface area contributed by atoms with Crippen LogP contribution in [0.4, 0.5) is 0 Å². The molecule has 0 radical (unpaired) electrons. The van der Waals surface area contributed by atoms with Crippen LogP contribution in [-0.2, 0) is 17.8 Å². The molecule has 1 saturated carbocycles. The molecule has 5 heteroatoms. The van der Waals surface area contributed by atoms with Crippen LogP contribution in [0.2, 0.25) is 0 Å². The second-order valence-electron chi connectivity index (χ2n) is 8.63. The van der Waals surface area contributed by atoms with E-state index >= 15 is 0 Å². The van der Waals surface area contributed by atoms with E-state index in [4.69, 9.17) is 9.47 Å². The third-order valence-electron chi connectivity index (χ3n) is 6.29. The zero-order chi connectivity index (χ0) is 21.3. The molecule has 2 aromatic carbocycles. The van der Waals surface area contributed by atoms with Gasteiger partial charge in [0.25, 0.3) is 0 Å². The third-order valence-corrected chi connectivity index (χ3v) is 6.29. The van der Waals surface area contributed by atoms with E-state index in [-0.39, 0.29) is 23.9 Å². The van der Waals surface area contributed by atoms with Gasteiger partial charge in [0, 0.05) is 25.0 Å². The van der Waals surface area contributed by atoms with E-state index in [1.807, 2.05) is 0 Å². The Kier molecular flexibility index (Phi) is 6.00. The number of ether oxygens (including phenoxy) is 2. The van der Waals surface area contributed by atoms with E-state index in [0.29, 0.717) is 0 Å². The highest BCUT2D eigenvalue weighted by Crippen LogP contribution is 2.40. The van der Waals surface area contributed by atoms with Gasteiger partial charge in [-0.2, -0.15) is 0 Å². The van der Waals surface area contributed by atoms with E-state index in [1.165, 1.54) is 22.3 Å². The summed E-state index contributed by atoms with van der Waals surface area (Å²) >= 11 is 0. The van der Waals surface area contributed by atoms with E-state index < -0.39 is 0 Å². The Morgan fingerprint density at radius 3 is 2.57 bits per heavy atom. The molecule has 2 aliphatic rings. The van der Waals surface area contributed by atoms with E-state index in [1.54, 1.807) is 14.2 Å². The van der Waals surface area contributed by atoms with E-state index in [9.17, 15) is 4.79 Å². The SMILES string of the molecule is COc1cc2c(cc1OC)C(C(C)NC(=O)C1CC1)N(Cc1cccc(C)c1)CC2. The zero-order valence-corrected chi connectivity index (χ0v) is 18.4. The minimum Gasteiger partial charge on any atom is -0.493 e. The maximum Gasteiger partial charge on any atom is 0.223 e. The number of fused-ring (bicyclic) bond motifs is 1. The Morgan fingerprint density at radius 2 is 1.90 bits per heavy atom. The van der Waals surface area contributed by atoms with Gasteiger partial charge in [-0.05, 0) is 61.9 Å². The average Bonchev–Trinajstić information content (AvgIpc) is 3.58. The number of carbonyl (C=O) groups is 1. The fourth-order valence-corrected chi connectivity index (χ4v) is 4.60. The molecule has 160 valence electrons. The number of nitrogens with zero attached hydrogens (tertiary/aromatic N) is 1. The summed E-state index contributed by atoms with van der Waals surface area (Å²) in [6.07, 6.45) is 2.97. The molecule has 0 spiro atoms. The molecular weight excluding hydrogens is 376 g/mol. The fraction of sp³-hybridized carbons (Fsp3) is 0.480. The molecule has 2 unspecified atom stereocenters. The normalized spacial score (nSPS) is 19.7. The first-order chi connectivity index (χ1) is 14.5. The largest absolute Gasteiger partial charge is 0.493 e. The topological polar surface area (TPSA) is 50.8 Å². The highest BCUT2D eigenvalue weighted by molar-refractivity contribution is 5.81. The van der Waals surface area contributed by atoms with Gasteiger partial charge in [-0.25, -0.2) is 0 Å². The number of rotatable bonds is 7. The minimum absolute atomic E-state index is 0.0000557. The average molecular weight is 409 g/mol. The molecule has 1 amide bonds. The van der Waals surface area contributed by atoms with Gasteiger partial charge in [0.1, 0.15) is 0 Å². The van der Waals surface area contributed by atoms with Crippen LogP contribution in [0.5, 0.6) is 11.5 Å². The second kappa shape index (κ2) is 8.68. The van der Waals surface area contributed by atoms with Crippen molar-refractivity contribution in [1.29, 1.82) is 0 Å². The summed E-state index contributed by atoms with van der Waals surface area (Å²) < 4.78 is 11.1. The Balaban J connectivity index is 1.68. The van der Waals surface area contributed by atoms with Gasteiger partial charge in [-0.3, -0.25) is 9.69 Å². The van der Waals surface area contributed by atoms with Crippen LogP contribution in [0.3, 0.4) is 0 Å². The second-order valence-corrected chi connectivity index (χ2v) is 8.63. The first-order valence-electron chi connectivity index (χ1n) is 10.8. The lowest BCUT2D eigenvalue weighted by Gasteiger charge is -2.41. The number of nitrogens with one attached hydrogen (secondary N) is 1. The lowest BCUT2D eigenvalue weighted by atomic mass is 9.87. The summed E-state index contributed by atoms with van der Waals surface area (Å²) in [7, 11) is 3.35. The zero-order valence-electron chi connectivity index (χ0n) is 18.4. The molecular formula is C25H32N2O3. The number of hydrogen-bond acceptors (Lipinski definition) is 4. The number of benzene rings is 2. The molecule has 2 atom stereocenters. The quantitative estimate of drug-likeness (QED) is 0.752. The van der Waals surface area contributed by atoms with Crippen molar-refractivity contribution in [3.8, 4) is 11.5 Å². The van der Waals surface area contributed by atoms with Crippen LogP contribution in [-0.4, -0.2) is 37.6 Å². The maximum atomic E-state index is 12.5. The molecule has 0 saturated heterocycles. The number of methoxy groups -OCH3 is 2. The van der Waals surface area contributed by atoms with Crippen LogP contribution >= 0.6 is 0 Å². The molecule has 5 nitrogen and oxygen atoms in total. The van der Waals surface area contributed by atoms with Crippen molar-refractivity contribution in [2.45, 2.75) is 51.7 Å². The summed E-state index contributed by atoms with van der Waals surface area (Å²) in [6, 6.07) is 12.9. The fourth-order valence-electron chi connectivity index (χ4n) is 4.60. The van der Waals surface area contributed by atoms with Crippen LogP contribution in [0.25, 0.3) is 0 Å². The van der Waals surface area contributed by atoms with Crippen molar-refractivity contribution >= 4 is 5.91 Å². The molecule has 1 heterocycles. The van der Waals surface area contributed by atoms with Crippen molar-refractivity contribution in [2.75, 3.05) is 20.8 Å². The van der Waals surface area contributed by atoms with Crippen molar-refractivity contribution in [3.63, 3.8) is 0 Å². The predicted octanol–water partition coefficient (Wildman–Crippen LogP) is 4.03. The summed E-state index contributed by atoms with van der Waals surface area (Å²) in [5, 5.41) is 3.29. The highest BCUT2D eigenvalue weighted by atomic mass is 16.5. The lowest BCUT2D eigenvalue weighted by Crippen LogP contribution is -2.47. The predicted molar refractivity (Wildman–Crippen MR) is 118 cm³/mol. The summed E-state index contributed by atoms with van der Waals surface area (Å²) in [6.45, 7) is 6.04. The van der Waals surface area contributed by atoms with Crippen LogP contribution in [0, 0.1) is 12.8 Å². The summed E-state index contributed by atoms with van der Waals surface area (Å²) in [5.41, 5.74) is 5.05.